The number of aromatic nitrogens is 3. The molecule has 3 atom stereocenters. The standard InChI is InChI=1S/C23H34N4O3S/c1-15(2)27-22(17(4)30-19-12-10-18(29-5)11-13-19)25-26-23(27)31-14-21(28)24-20-9-7-6-8-16(20)3/h10-13,15-17,20H,6-9,14H2,1-5H3,(H,24,28). The summed E-state index contributed by atoms with van der Waals surface area (Å²) in [6, 6.07) is 7.91. The van der Waals surface area contributed by atoms with Crippen LogP contribution in [0.1, 0.15) is 71.3 Å². The quantitative estimate of drug-likeness (QED) is 0.558. The van der Waals surface area contributed by atoms with E-state index in [0.717, 1.165) is 28.9 Å². The second kappa shape index (κ2) is 10.9. The summed E-state index contributed by atoms with van der Waals surface area (Å²) >= 11 is 1.43. The predicted octanol–water partition coefficient (Wildman–Crippen LogP) is 4.79. The average Bonchev–Trinajstić information content (AvgIpc) is 3.19. The zero-order valence-corrected chi connectivity index (χ0v) is 19.9. The van der Waals surface area contributed by atoms with Crippen molar-refractivity contribution < 1.29 is 14.3 Å². The van der Waals surface area contributed by atoms with Gasteiger partial charge in [0.05, 0.1) is 12.9 Å². The average molecular weight is 447 g/mol. The fraction of sp³-hybridized carbons (Fsp3) is 0.609. The van der Waals surface area contributed by atoms with Crippen LogP contribution >= 0.6 is 11.8 Å². The van der Waals surface area contributed by atoms with Gasteiger partial charge in [0.15, 0.2) is 17.1 Å². The molecule has 3 rings (SSSR count). The summed E-state index contributed by atoms with van der Waals surface area (Å²) in [6.07, 6.45) is 4.44. The van der Waals surface area contributed by atoms with E-state index in [-0.39, 0.29) is 18.1 Å². The van der Waals surface area contributed by atoms with Gasteiger partial charge in [-0.1, -0.05) is 31.5 Å². The number of benzene rings is 1. The molecule has 0 radical (unpaired) electrons. The minimum Gasteiger partial charge on any atom is -0.497 e. The van der Waals surface area contributed by atoms with E-state index in [1.807, 2.05) is 31.2 Å². The summed E-state index contributed by atoms with van der Waals surface area (Å²) in [7, 11) is 1.64. The molecule has 0 bridgehead atoms. The van der Waals surface area contributed by atoms with Crippen molar-refractivity contribution in [2.24, 2.45) is 5.92 Å². The van der Waals surface area contributed by atoms with Gasteiger partial charge in [-0.3, -0.25) is 4.79 Å². The van der Waals surface area contributed by atoms with E-state index in [0.29, 0.717) is 17.7 Å². The lowest BCUT2D eigenvalue weighted by molar-refractivity contribution is -0.119. The normalized spacial score (nSPS) is 19.8. The number of hydrogen-bond donors (Lipinski definition) is 1. The molecule has 1 saturated carbocycles. The van der Waals surface area contributed by atoms with E-state index in [9.17, 15) is 4.79 Å². The SMILES string of the molecule is COc1ccc(OC(C)c2nnc(SCC(=O)NC3CCCCC3C)n2C(C)C)cc1. The summed E-state index contributed by atoms with van der Waals surface area (Å²) in [4.78, 5) is 12.5. The number of thioether (sulfide) groups is 1. The monoisotopic (exact) mass is 446 g/mol. The maximum atomic E-state index is 12.5. The summed E-state index contributed by atoms with van der Waals surface area (Å²) in [6.45, 7) is 8.35. The Morgan fingerprint density at radius 1 is 1.16 bits per heavy atom. The molecule has 2 aromatic rings. The molecular weight excluding hydrogens is 412 g/mol. The van der Waals surface area contributed by atoms with Crippen molar-refractivity contribution in [3.05, 3.63) is 30.1 Å². The lowest BCUT2D eigenvalue weighted by atomic mass is 9.86. The van der Waals surface area contributed by atoms with Gasteiger partial charge in [0.25, 0.3) is 0 Å². The number of carbonyl (C=O) groups excluding carboxylic acids is 1. The third-order valence-corrected chi connectivity index (χ3v) is 6.68. The molecule has 8 heteroatoms. The highest BCUT2D eigenvalue weighted by atomic mass is 32.2. The van der Waals surface area contributed by atoms with Gasteiger partial charge in [-0.05, 0) is 63.8 Å². The molecular formula is C23H34N4O3S. The summed E-state index contributed by atoms with van der Waals surface area (Å²) in [5.74, 6) is 3.21. The third-order valence-electron chi connectivity index (χ3n) is 5.73. The Bertz CT molecular complexity index is 853. The molecule has 3 unspecified atom stereocenters. The van der Waals surface area contributed by atoms with Crippen LogP contribution in [0.3, 0.4) is 0 Å². The first-order valence-corrected chi connectivity index (χ1v) is 12.0. The molecule has 1 amide bonds. The maximum absolute atomic E-state index is 12.5. The molecule has 1 aromatic carbocycles. The van der Waals surface area contributed by atoms with Gasteiger partial charge in [-0.15, -0.1) is 10.2 Å². The first-order chi connectivity index (χ1) is 14.9. The number of rotatable bonds is 9. The van der Waals surface area contributed by atoms with Crippen molar-refractivity contribution >= 4 is 17.7 Å². The molecule has 1 aromatic heterocycles. The molecule has 1 aliphatic rings. The zero-order chi connectivity index (χ0) is 22.4. The van der Waals surface area contributed by atoms with Crippen molar-refractivity contribution in [3.63, 3.8) is 0 Å². The molecule has 0 aliphatic heterocycles. The van der Waals surface area contributed by atoms with E-state index >= 15 is 0 Å². The van der Waals surface area contributed by atoms with Gasteiger partial charge in [0.2, 0.25) is 5.91 Å². The zero-order valence-electron chi connectivity index (χ0n) is 19.1. The Balaban J connectivity index is 1.63. The van der Waals surface area contributed by atoms with Gasteiger partial charge < -0.3 is 19.4 Å². The molecule has 1 aliphatic carbocycles. The van der Waals surface area contributed by atoms with Crippen molar-refractivity contribution in [2.75, 3.05) is 12.9 Å². The van der Waals surface area contributed by atoms with Crippen molar-refractivity contribution in [2.45, 2.75) is 76.7 Å². The predicted molar refractivity (Wildman–Crippen MR) is 123 cm³/mol. The number of nitrogens with one attached hydrogen (secondary N) is 1. The van der Waals surface area contributed by atoms with Crippen LogP contribution in [0, 0.1) is 5.92 Å². The highest BCUT2D eigenvalue weighted by Crippen LogP contribution is 2.29. The van der Waals surface area contributed by atoms with Crippen LogP contribution in [0.4, 0.5) is 0 Å². The van der Waals surface area contributed by atoms with Gasteiger partial charge in [-0.25, -0.2) is 0 Å². The molecule has 1 heterocycles. The van der Waals surface area contributed by atoms with Crippen LogP contribution in [-0.2, 0) is 4.79 Å². The van der Waals surface area contributed by atoms with E-state index in [1.165, 1.54) is 31.0 Å². The number of nitrogens with zero attached hydrogens (tertiary/aromatic N) is 3. The molecule has 0 saturated heterocycles. The first-order valence-electron chi connectivity index (χ1n) is 11.1. The molecule has 1 N–H and O–H groups in total. The van der Waals surface area contributed by atoms with Gasteiger partial charge >= 0.3 is 0 Å². The smallest absolute Gasteiger partial charge is 0.230 e. The van der Waals surface area contributed by atoms with E-state index < -0.39 is 0 Å². The number of amides is 1. The minimum absolute atomic E-state index is 0.0612. The van der Waals surface area contributed by atoms with Crippen LogP contribution in [0.5, 0.6) is 11.5 Å². The fourth-order valence-corrected chi connectivity index (χ4v) is 4.86. The van der Waals surface area contributed by atoms with Crippen LogP contribution in [-0.4, -0.2) is 39.6 Å². The summed E-state index contributed by atoms with van der Waals surface area (Å²) < 4.78 is 13.3. The van der Waals surface area contributed by atoms with E-state index in [4.69, 9.17) is 9.47 Å². The number of carbonyl (C=O) groups is 1. The van der Waals surface area contributed by atoms with Crippen LogP contribution < -0.4 is 14.8 Å². The lowest BCUT2D eigenvalue weighted by Crippen LogP contribution is -2.41. The summed E-state index contributed by atoms with van der Waals surface area (Å²) in [5.41, 5.74) is 0. The maximum Gasteiger partial charge on any atom is 0.230 e. The largest absolute Gasteiger partial charge is 0.497 e. The molecule has 0 spiro atoms. The Morgan fingerprint density at radius 2 is 1.84 bits per heavy atom. The highest BCUT2D eigenvalue weighted by Gasteiger charge is 2.25. The Morgan fingerprint density at radius 3 is 2.48 bits per heavy atom. The van der Waals surface area contributed by atoms with E-state index in [1.54, 1.807) is 7.11 Å². The van der Waals surface area contributed by atoms with Gasteiger partial charge in [-0.2, -0.15) is 0 Å². The topological polar surface area (TPSA) is 78.3 Å². The number of methoxy groups -OCH3 is 1. The lowest BCUT2D eigenvalue weighted by Gasteiger charge is -2.29. The van der Waals surface area contributed by atoms with Crippen LogP contribution in [0.15, 0.2) is 29.4 Å². The highest BCUT2D eigenvalue weighted by molar-refractivity contribution is 7.99. The molecule has 31 heavy (non-hydrogen) atoms. The fourth-order valence-electron chi connectivity index (χ4n) is 3.97. The van der Waals surface area contributed by atoms with Crippen molar-refractivity contribution in [1.82, 2.24) is 20.1 Å². The second-order valence-electron chi connectivity index (χ2n) is 8.46. The minimum atomic E-state index is -0.283. The van der Waals surface area contributed by atoms with Crippen molar-refractivity contribution in [3.8, 4) is 11.5 Å². The van der Waals surface area contributed by atoms with Crippen LogP contribution in [0.2, 0.25) is 0 Å². The molecule has 170 valence electrons. The number of ether oxygens (including phenoxy) is 2. The second-order valence-corrected chi connectivity index (χ2v) is 9.41. The number of hydrogen-bond acceptors (Lipinski definition) is 6. The van der Waals surface area contributed by atoms with Crippen LogP contribution in [0.25, 0.3) is 0 Å². The van der Waals surface area contributed by atoms with Gasteiger partial charge in [0.1, 0.15) is 11.5 Å². The third kappa shape index (κ3) is 6.15. The molecule has 7 nitrogen and oxygen atoms in total. The first kappa shape index (κ1) is 23.4. The van der Waals surface area contributed by atoms with Gasteiger partial charge in [0, 0.05) is 12.1 Å². The summed E-state index contributed by atoms with van der Waals surface area (Å²) in [5, 5.41) is 12.7. The Kier molecular flexibility index (Phi) is 8.23. The Hall–Kier alpha value is -2.22. The van der Waals surface area contributed by atoms with Crippen molar-refractivity contribution in [1.29, 1.82) is 0 Å². The van der Waals surface area contributed by atoms with E-state index in [2.05, 4.69) is 40.9 Å². The Labute approximate surface area is 189 Å². The molecule has 1 fully saturated rings.